The molecule has 5 nitrogen and oxygen atoms in total. The normalized spacial score (nSPS) is 17.6. The summed E-state index contributed by atoms with van der Waals surface area (Å²) in [5, 5.41) is 10.5. The van der Waals surface area contributed by atoms with E-state index in [-0.39, 0.29) is 12.7 Å². The van der Waals surface area contributed by atoms with E-state index in [1.54, 1.807) is 7.11 Å². The summed E-state index contributed by atoms with van der Waals surface area (Å²) in [7, 11) is 1.67. The van der Waals surface area contributed by atoms with Gasteiger partial charge in [-0.05, 0) is 49.6 Å². The van der Waals surface area contributed by atoms with Crippen molar-refractivity contribution in [1.82, 2.24) is 4.90 Å². The Labute approximate surface area is 167 Å². The standard InChI is InChI=1S/C23H31NO4/c1-18-5-9-22(10-6-18)28-17-20(25)15-24(16-23-4-3-13-27-23)14-19-7-11-21(26-2)12-8-19/h5-12,20,23,25H,3-4,13-17H2,1-2H3. The molecule has 0 saturated carbocycles. The smallest absolute Gasteiger partial charge is 0.119 e. The number of rotatable bonds is 10. The minimum Gasteiger partial charge on any atom is -0.497 e. The highest BCUT2D eigenvalue weighted by Gasteiger charge is 2.21. The van der Waals surface area contributed by atoms with Crippen molar-refractivity contribution >= 4 is 0 Å². The Morgan fingerprint density at radius 3 is 2.46 bits per heavy atom. The van der Waals surface area contributed by atoms with E-state index in [1.165, 1.54) is 11.1 Å². The van der Waals surface area contributed by atoms with Crippen molar-refractivity contribution in [2.24, 2.45) is 0 Å². The maximum Gasteiger partial charge on any atom is 0.119 e. The highest BCUT2D eigenvalue weighted by atomic mass is 16.5. The molecule has 1 N–H and O–H groups in total. The number of aliphatic hydroxyl groups excluding tert-OH is 1. The largest absolute Gasteiger partial charge is 0.497 e. The third kappa shape index (κ3) is 6.51. The molecule has 2 aromatic rings. The van der Waals surface area contributed by atoms with Crippen molar-refractivity contribution in [2.75, 3.05) is 33.4 Å². The lowest BCUT2D eigenvalue weighted by Gasteiger charge is -2.27. The number of nitrogens with zero attached hydrogens (tertiary/aromatic N) is 1. The second kappa shape index (κ2) is 10.5. The van der Waals surface area contributed by atoms with Gasteiger partial charge in [-0.15, -0.1) is 0 Å². The number of aliphatic hydroxyl groups is 1. The van der Waals surface area contributed by atoms with Gasteiger partial charge in [0.2, 0.25) is 0 Å². The van der Waals surface area contributed by atoms with Gasteiger partial charge < -0.3 is 19.3 Å². The summed E-state index contributed by atoms with van der Waals surface area (Å²) in [4.78, 5) is 2.25. The molecule has 0 radical (unpaired) electrons. The van der Waals surface area contributed by atoms with E-state index in [0.717, 1.165) is 44.0 Å². The minimum atomic E-state index is -0.569. The molecular weight excluding hydrogens is 354 g/mol. The van der Waals surface area contributed by atoms with E-state index in [2.05, 4.69) is 17.0 Å². The molecule has 1 aliphatic heterocycles. The first-order valence-corrected chi connectivity index (χ1v) is 9.97. The lowest BCUT2D eigenvalue weighted by atomic mass is 10.1. The number of hydrogen-bond donors (Lipinski definition) is 1. The van der Waals surface area contributed by atoms with Crippen LogP contribution in [0.5, 0.6) is 11.5 Å². The molecule has 1 aliphatic rings. The lowest BCUT2D eigenvalue weighted by molar-refractivity contribution is 0.0313. The second-order valence-electron chi connectivity index (χ2n) is 7.46. The fourth-order valence-corrected chi connectivity index (χ4v) is 3.45. The Morgan fingerprint density at radius 1 is 1.11 bits per heavy atom. The average Bonchev–Trinajstić information content (AvgIpc) is 3.21. The van der Waals surface area contributed by atoms with Crippen LogP contribution in [0.3, 0.4) is 0 Å². The van der Waals surface area contributed by atoms with Gasteiger partial charge >= 0.3 is 0 Å². The number of benzene rings is 2. The Hall–Kier alpha value is -2.08. The number of ether oxygens (including phenoxy) is 3. The summed E-state index contributed by atoms with van der Waals surface area (Å²) < 4.78 is 16.8. The van der Waals surface area contributed by atoms with Gasteiger partial charge in [0.25, 0.3) is 0 Å². The first-order chi connectivity index (χ1) is 13.6. The number of methoxy groups -OCH3 is 1. The van der Waals surface area contributed by atoms with E-state index in [4.69, 9.17) is 14.2 Å². The van der Waals surface area contributed by atoms with Crippen LogP contribution in [0.25, 0.3) is 0 Å². The van der Waals surface area contributed by atoms with E-state index < -0.39 is 6.10 Å². The molecule has 2 aromatic carbocycles. The summed E-state index contributed by atoms with van der Waals surface area (Å²) in [5.41, 5.74) is 2.38. The molecule has 2 unspecified atom stereocenters. The van der Waals surface area contributed by atoms with Gasteiger partial charge in [-0.2, -0.15) is 0 Å². The van der Waals surface area contributed by atoms with Crippen molar-refractivity contribution in [1.29, 1.82) is 0 Å². The molecule has 0 amide bonds. The maximum atomic E-state index is 10.5. The first kappa shape index (κ1) is 20.6. The molecule has 152 valence electrons. The predicted octanol–water partition coefficient (Wildman–Crippen LogP) is 3.42. The Balaban J connectivity index is 1.55. The van der Waals surface area contributed by atoms with E-state index in [1.807, 2.05) is 43.3 Å². The predicted molar refractivity (Wildman–Crippen MR) is 110 cm³/mol. The SMILES string of the molecule is COc1ccc(CN(CC(O)COc2ccc(C)cc2)CC2CCCO2)cc1. The molecule has 5 heteroatoms. The summed E-state index contributed by atoms with van der Waals surface area (Å²) >= 11 is 0. The molecular formula is C23H31NO4. The van der Waals surface area contributed by atoms with E-state index >= 15 is 0 Å². The van der Waals surface area contributed by atoms with Crippen LogP contribution in [0, 0.1) is 6.92 Å². The Morgan fingerprint density at radius 2 is 1.82 bits per heavy atom. The van der Waals surface area contributed by atoms with Crippen LogP contribution in [-0.4, -0.2) is 55.6 Å². The van der Waals surface area contributed by atoms with Gasteiger partial charge in [0.15, 0.2) is 0 Å². The van der Waals surface area contributed by atoms with Gasteiger partial charge in [0, 0.05) is 26.2 Å². The highest BCUT2D eigenvalue weighted by molar-refractivity contribution is 5.27. The fraction of sp³-hybridized carbons (Fsp3) is 0.478. The van der Waals surface area contributed by atoms with Crippen LogP contribution < -0.4 is 9.47 Å². The molecule has 1 fully saturated rings. The average molecular weight is 386 g/mol. The molecule has 0 bridgehead atoms. The molecule has 1 saturated heterocycles. The zero-order valence-corrected chi connectivity index (χ0v) is 16.8. The van der Waals surface area contributed by atoms with Gasteiger partial charge in [0.1, 0.15) is 24.2 Å². The van der Waals surface area contributed by atoms with Gasteiger partial charge in [0.05, 0.1) is 13.2 Å². The molecule has 0 spiro atoms. The summed E-state index contributed by atoms with van der Waals surface area (Å²) in [6.45, 7) is 5.26. The summed E-state index contributed by atoms with van der Waals surface area (Å²) in [6, 6.07) is 16.0. The second-order valence-corrected chi connectivity index (χ2v) is 7.46. The first-order valence-electron chi connectivity index (χ1n) is 9.97. The van der Waals surface area contributed by atoms with E-state index in [9.17, 15) is 5.11 Å². The topological polar surface area (TPSA) is 51.2 Å². The minimum absolute atomic E-state index is 0.239. The lowest BCUT2D eigenvalue weighted by Crippen LogP contribution is -2.39. The summed E-state index contributed by atoms with van der Waals surface area (Å²) in [6.07, 6.45) is 1.86. The quantitative estimate of drug-likeness (QED) is 0.679. The van der Waals surface area contributed by atoms with Crippen molar-refractivity contribution < 1.29 is 19.3 Å². The van der Waals surface area contributed by atoms with Crippen LogP contribution in [0.4, 0.5) is 0 Å². The van der Waals surface area contributed by atoms with Crippen molar-refractivity contribution in [3.63, 3.8) is 0 Å². The Bertz CT molecular complexity index is 696. The van der Waals surface area contributed by atoms with Crippen LogP contribution in [0.1, 0.15) is 24.0 Å². The number of hydrogen-bond acceptors (Lipinski definition) is 5. The molecule has 2 atom stereocenters. The fourth-order valence-electron chi connectivity index (χ4n) is 3.45. The van der Waals surface area contributed by atoms with E-state index in [0.29, 0.717) is 6.54 Å². The van der Waals surface area contributed by atoms with Crippen molar-refractivity contribution in [2.45, 2.75) is 38.5 Å². The Kier molecular flexibility index (Phi) is 7.71. The van der Waals surface area contributed by atoms with Crippen molar-refractivity contribution in [3.05, 3.63) is 59.7 Å². The van der Waals surface area contributed by atoms with Crippen LogP contribution in [0.15, 0.2) is 48.5 Å². The monoisotopic (exact) mass is 385 g/mol. The number of aryl methyl sites for hydroxylation is 1. The summed E-state index contributed by atoms with van der Waals surface area (Å²) in [5.74, 6) is 1.63. The molecule has 0 aromatic heterocycles. The van der Waals surface area contributed by atoms with Gasteiger partial charge in [-0.1, -0.05) is 29.8 Å². The molecule has 0 aliphatic carbocycles. The molecule has 1 heterocycles. The maximum absolute atomic E-state index is 10.5. The van der Waals surface area contributed by atoms with Gasteiger partial charge in [-0.3, -0.25) is 4.90 Å². The molecule has 3 rings (SSSR count). The zero-order chi connectivity index (χ0) is 19.8. The highest BCUT2D eigenvalue weighted by Crippen LogP contribution is 2.18. The zero-order valence-electron chi connectivity index (χ0n) is 16.8. The third-order valence-corrected chi connectivity index (χ3v) is 4.98. The van der Waals surface area contributed by atoms with Crippen LogP contribution in [0.2, 0.25) is 0 Å². The van der Waals surface area contributed by atoms with Crippen LogP contribution in [-0.2, 0) is 11.3 Å². The molecule has 28 heavy (non-hydrogen) atoms. The third-order valence-electron chi connectivity index (χ3n) is 4.98. The van der Waals surface area contributed by atoms with Gasteiger partial charge in [-0.25, -0.2) is 0 Å². The van der Waals surface area contributed by atoms with Crippen molar-refractivity contribution in [3.8, 4) is 11.5 Å². The van der Waals surface area contributed by atoms with Crippen LogP contribution >= 0.6 is 0 Å².